The van der Waals surface area contributed by atoms with E-state index in [0.717, 1.165) is 6.42 Å². The molecule has 0 amide bonds. The van der Waals surface area contributed by atoms with Crippen molar-refractivity contribution < 1.29 is 16.5 Å². The molecule has 0 aromatic heterocycles. The number of hydrogen-bond donors (Lipinski definition) is 3. The summed E-state index contributed by atoms with van der Waals surface area (Å²) in [5.41, 5.74) is 0. The molecule has 0 aromatic rings. The van der Waals surface area contributed by atoms with Crippen LogP contribution in [0.1, 0.15) is 21.2 Å². The highest BCUT2D eigenvalue weighted by atomic mass is 16.5. The summed E-state index contributed by atoms with van der Waals surface area (Å²) in [4.78, 5) is 0. The zero-order valence-electron chi connectivity index (χ0n) is 6.04. The van der Waals surface area contributed by atoms with Gasteiger partial charge in [0, 0.05) is 0 Å². The van der Waals surface area contributed by atoms with Gasteiger partial charge in [0.25, 0.3) is 0 Å². The first-order valence-electron chi connectivity index (χ1n) is 2.89. The molecule has 0 unspecified atom stereocenters. The summed E-state index contributed by atoms with van der Waals surface area (Å²) in [6.45, 7) is -1.08. The molecule has 0 aliphatic carbocycles. The maximum absolute atomic E-state index is 8.32. The third-order valence-corrected chi connectivity index (χ3v) is 0.945. The molecule has 3 nitrogen and oxygen atoms in total. The first-order valence-corrected chi connectivity index (χ1v) is 2.89. The highest BCUT2D eigenvalue weighted by Gasteiger charge is 2.12. The Hall–Kier alpha value is -0.0551. The van der Waals surface area contributed by atoms with Gasteiger partial charge in [0.05, 0.1) is 0 Å². The molecule has 0 rings (SSSR count). The molecule has 0 aliphatic heterocycles. The lowest BCUT2D eigenvalue weighted by molar-refractivity contribution is 0.226. The molecule has 0 saturated carbocycles. The van der Waals surface area contributed by atoms with Gasteiger partial charge in [-0.2, -0.15) is 0 Å². The molecular formula is C4H13BO3. The SMILES string of the molecule is CCCC[B-](O)(O)O.[H+]. The first-order chi connectivity index (χ1) is 3.56. The van der Waals surface area contributed by atoms with Gasteiger partial charge in [0.2, 0.25) is 0 Å². The smallest absolute Gasteiger partial charge is 0.560 e. The largest absolute Gasteiger partial charge is 1.00 e. The molecule has 0 heterocycles. The van der Waals surface area contributed by atoms with E-state index >= 15 is 0 Å². The Morgan fingerprint density at radius 2 is 1.88 bits per heavy atom. The van der Waals surface area contributed by atoms with Crippen molar-refractivity contribution in [2.24, 2.45) is 0 Å². The molecule has 0 aliphatic rings. The highest BCUT2D eigenvalue weighted by Crippen LogP contribution is 2.02. The van der Waals surface area contributed by atoms with E-state index in [1.165, 1.54) is 0 Å². The van der Waals surface area contributed by atoms with Crippen molar-refractivity contribution >= 4 is 6.75 Å². The van der Waals surface area contributed by atoms with Gasteiger partial charge < -0.3 is 15.1 Å². The molecule has 50 valence electrons. The molecule has 0 spiro atoms. The Labute approximate surface area is 50.5 Å². The number of hydrogen-bond acceptors (Lipinski definition) is 3. The molecule has 0 saturated heterocycles. The molecule has 0 atom stereocenters. The van der Waals surface area contributed by atoms with E-state index in [4.69, 9.17) is 15.1 Å². The molecule has 0 radical (unpaired) electrons. The van der Waals surface area contributed by atoms with Crippen LogP contribution in [0.25, 0.3) is 0 Å². The maximum Gasteiger partial charge on any atom is 1.00 e. The number of unbranched alkanes of at least 4 members (excludes halogenated alkanes) is 1. The molecule has 4 heteroatoms. The van der Waals surface area contributed by atoms with Crippen molar-refractivity contribution in [2.45, 2.75) is 26.1 Å². The fourth-order valence-electron chi connectivity index (χ4n) is 0.478. The van der Waals surface area contributed by atoms with Gasteiger partial charge in [-0.3, -0.25) is 0 Å². The van der Waals surface area contributed by atoms with Crippen LogP contribution in [-0.4, -0.2) is 21.8 Å². The lowest BCUT2D eigenvalue weighted by Crippen LogP contribution is -2.33. The van der Waals surface area contributed by atoms with Crippen molar-refractivity contribution in [1.82, 2.24) is 0 Å². The zero-order chi connectivity index (χ0) is 6.62. The van der Waals surface area contributed by atoms with Crippen molar-refractivity contribution in [3.63, 3.8) is 0 Å². The van der Waals surface area contributed by atoms with Crippen molar-refractivity contribution in [3.05, 3.63) is 0 Å². The van der Waals surface area contributed by atoms with E-state index in [0.29, 0.717) is 6.42 Å². The molecular weight excluding hydrogens is 107 g/mol. The Balaban J connectivity index is 0. The molecule has 0 aromatic carbocycles. The van der Waals surface area contributed by atoms with Gasteiger partial charge in [-0.1, -0.05) is 26.1 Å². The van der Waals surface area contributed by atoms with Crippen LogP contribution in [0, 0.1) is 0 Å². The van der Waals surface area contributed by atoms with Gasteiger partial charge in [-0.25, -0.2) is 0 Å². The second kappa shape index (κ2) is 3.07. The van der Waals surface area contributed by atoms with Crippen LogP contribution in [0.3, 0.4) is 0 Å². The fraction of sp³-hybridized carbons (Fsp3) is 1.00. The van der Waals surface area contributed by atoms with Crippen LogP contribution in [0.5, 0.6) is 0 Å². The molecule has 3 N–H and O–H groups in total. The monoisotopic (exact) mass is 120 g/mol. The predicted octanol–water partition coefficient (Wildman–Crippen LogP) is -0.185. The minimum Gasteiger partial charge on any atom is -0.560 e. The topological polar surface area (TPSA) is 60.7 Å². The maximum atomic E-state index is 8.32. The van der Waals surface area contributed by atoms with Crippen LogP contribution < -0.4 is 0 Å². The third kappa shape index (κ3) is 5.94. The Morgan fingerprint density at radius 1 is 1.38 bits per heavy atom. The minimum atomic E-state index is -3.00. The summed E-state index contributed by atoms with van der Waals surface area (Å²) >= 11 is 0. The Bertz CT molecular complexity index is 63.3. The third-order valence-electron chi connectivity index (χ3n) is 0.945. The van der Waals surface area contributed by atoms with Gasteiger partial charge in [0.1, 0.15) is 0 Å². The summed E-state index contributed by atoms with van der Waals surface area (Å²) < 4.78 is 0. The van der Waals surface area contributed by atoms with Crippen LogP contribution in [0.2, 0.25) is 6.32 Å². The molecule has 0 bridgehead atoms. The summed E-state index contributed by atoms with van der Waals surface area (Å²) in [5.74, 6) is 0. The summed E-state index contributed by atoms with van der Waals surface area (Å²) in [6, 6.07) is 0. The lowest BCUT2D eigenvalue weighted by Gasteiger charge is -2.18. The van der Waals surface area contributed by atoms with E-state index in [1.807, 2.05) is 6.92 Å². The van der Waals surface area contributed by atoms with Crippen LogP contribution in [0.15, 0.2) is 0 Å². The van der Waals surface area contributed by atoms with E-state index in [1.54, 1.807) is 0 Å². The predicted molar refractivity (Wildman–Crippen MR) is 33.2 cm³/mol. The molecule has 8 heavy (non-hydrogen) atoms. The lowest BCUT2D eigenvalue weighted by atomic mass is 9.74. The zero-order valence-corrected chi connectivity index (χ0v) is 5.04. The average Bonchev–Trinajstić information content (AvgIpc) is 1.59. The Morgan fingerprint density at radius 3 is 2.00 bits per heavy atom. The second-order valence-electron chi connectivity index (χ2n) is 2.04. The van der Waals surface area contributed by atoms with E-state index in [2.05, 4.69) is 0 Å². The van der Waals surface area contributed by atoms with Crippen molar-refractivity contribution in [2.75, 3.05) is 0 Å². The van der Waals surface area contributed by atoms with Gasteiger partial charge >= 0.3 is 8.18 Å². The van der Waals surface area contributed by atoms with E-state index < -0.39 is 6.75 Å². The van der Waals surface area contributed by atoms with Crippen molar-refractivity contribution in [3.8, 4) is 0 Å². The van der Waals surface area contributed by atoms with Crippen molar-refractivity contribution in [1.29, 1.82) is 0 Å². The summed E-state index contributed by atoms with van der Waals surface area (Å²) in [6.07, 6.45) is 1.62. The summed E-state index contributed by atoms with van der Waals surface area (Å²) in [7, 11) is 0. The van der Waals surface area contributed by atoms with Gasteiger partial charge in [-0.15, -0.1) is 0 Å². The average molecular weight is 120 g/mol. The standard InChI is InChI=1S/C4H12BO3/c1-2-3-4-5(6,7)8/h6-8H,2-4H2,1H3/q-1/p+1. The minimum absolute atomic E-state index is 0. The summed E-state index contributed by atoms with van der Waals surface area (Å²) in [5, 5.41) is 25.0. The Kier molecular flexibility index (Phi) is 3.05. The number of rotatable bonds is 3. The van der Waals surface area contributed by atoms with E-state index in [-0.39, 0.29) is 7.75 Å². The highest BCUT2D eigenvalue weighted by molar-refractivity contribution is 6.56. The van der Waals surface area contributed by atoms with Gasteiger partial charge in [-0.05, 0) is 0 Å². The molecule has 0 fully saturated rings. The van der Waals surface area contributed by atoms with E-state index in [9.17, 15) is 0 Å². The normalized spacial score (nSPS) is 12.0. The van der Waals surface area contributed by atoms with Crippen LogP contribution in [0.4, 0.5) is 0 Å². The fourth-order valence-corrected chi connectivity index (χ4v) is 0.478. The van der Waals surface area contributed by atoms with Gasteiger partial charge in [0.15, 0.2) is 0 Å². The quantitative estimate of drug-likeness (QED) is 0.452. The first kappa shape index (κ1) is 7.94. The van der Waals surface area contributed by atoms with Crippen LogP contribution >= 0.6 is 0 Å². The van der Waals surface area contributed by atoms with Crippen LogP contribution in [-0.2, 0) is 0 Å². The second-order valence-corrected chi connectivity index (χ2v) is 2.04.